The van der Waals surface area contributed by atoms with E-state index < -0.39 is 0 Å². The van der Waals surface area contributed by atoms with Crippen molar-refractivity contribution in [1.29, 1.82) is 0 Å². The third-order valence-electron chi connectivity index (χ3n) is 3.22. The van der Waals surface area contributed by atoms with Crippen LogP contribution < -0.4 is 5.56 Å². The van der Waals surface area contributed by atoms with Crippen molar-refractivity contribution in [2.24, 2.45) is 0 Å². The Bertz CT molecular complexity index is 852. The number of hydrogen-bond donors (Lipinski definition) is 1. The molecule has 0 radical (unpaired) electrons. The van der Waals surface area contributed by atoms with E-state index in [0.29, 0.717) is 22.3 Å². The number of H-pyrrole nitrogens is 1. The zero-order chi connectivity index (χ0) is 13.9. The lowest BCUT2D eigenvalue weighted by atomic mass is 10.1. The van der Waals surface area contributed by atoms with Gasteiger partial charge in [0.15, 0.2) is 4.77 Å². The molecule has 1 N–H and O–H groups in total. The van der Waals surface area contributed by atoms with E-state index in [4.69, 9.17) is 12.2 Å². The predicted molar refractivity (Wildman–Crippen MR) is 81.3 cm³/mol. The van der Waals surface area contributed by atoms with Crippen molar-refractivity contribution in [3.05, 3.63) is 69.3 Å². The van der Waals surface area contributed by atoms with Crippen LogP contribution >= 0.6 is 12.2 Å². The molecule has 0 aliphatic rings. The summed E-state index contributed by atoms with van der Waals surface area (Å²) in [5, 5.41) is 0.564. The topological polar surface area (TPSA) is 50.7 Å². The van der Waals surface area contributed by atoms with E-state index in [-0.39, 0.29) is 5.56 Å². The SMILES string of the molecule is O=c1c2cccnc2[nH]c(=S)n1CCc1ccccc1. The van der Waals surface area contributed by atoms with Crippen molar-refractivity contribution in [2.75, 3.05) is 0 Å². The Morgan fingerprint density at radius 2 is 1.95 bits per heavy atom. The van der Waals surface area contributed by atoms with E-state index >= 15 is 0 Å². The normalized spacial score (nSPS) is 10.8. The number of hydrogen-bond acceptors (Lipinski definition) is 3. The van der Waals surface area contributed by atoms with Crippen LogP contribution in [0, 0.1) is 4.77 Å². The summed E-state index contributed by atoms with van der Waals surface area (Å²) in [6, 6.07) is 13.5. The van der Waals surface area contributed by atoms with Gasteiger partial charge in [0, 0.05) is 12.7 Å². The van der Waals surface area contributed by atoms with Crippen molar-refractivity contribution in [3.8, 4) is 0 Å². The van der Waals surface area contributed by atoms with Gasteiger partial charge in [-0.3, -0.25) is 9.36 Å². The third-order valence-corrected chi connectivity index (χ3v) is 3.54. The van der Waals surface area contributed by atoms with Gasteiger partial charge >= 0.3 is 0 Å². The van der Waals surface area contributed by atoms with E-state index in [2.05, 4.69) is 9.97 Å². The Balaban J connectivity index is 2.00. The van der Waals surface area contributed by atoms with E-state index in [1.165, 1.54) is 5.56 Å². The standard InChI is InChI=1S/C15H13N3OS/c19-14-12-7-4-9-16-13(12)17-15(20)18(14)10-8-11-5-2-1-3-6-11/h1-7,9H,8,10H2,(H,16,17,20). The summed E-state index contributed by atoms with van der Waals surface area (Å²) in [4.78, 5) is 19.5. The van der Waals surface area contributed by atoms with Crippen LogP contribution in [0.25, 0.3) is 11.0 Å². The molecule has 0 fully saturated rings. The lowest BCUT2D eigenvalue weighted by molar-refractivity contribution is 0.651. The van der Waals surface area contributed by atoms with Gasteiger partial charge in [0.2, 0.25) is 0 Å². The van der Waals surface area contributed by atoms with Crippen molar-refractivity contribution < 1.29 is 0 Å². The first kappa shape index (κ1) is 12.7. The zero-order valence-electron chi connectivity index (χ0n) is 10.7. The maximum Gasteiger partial charge on any atom is 0.263 e. The Labute approximate surface area is 120 Å². The molecular weight excluding hydrogens is 270 g/mol. The molecule has 0 atom stereocenters. The molecule has 0 aliphatic heterocycles. The molecule has 0 saturated carbocycles. The summed E-state index contributed by atoms with van der Waals surface area (Å²) in [5.41, 5.74) is 1.63. The van der Waals surface area contributed by atoms with Crippen LogP contribution in [0.3, 0.4) is 0 Å². The minimum atomic E-state index is -0.0900. The molecule has 0 amide bonds. The van der Waals surface area contributed by atoms with Gasteiger partial charge in [0.25, 0.3) is 5.56 Å². The van der Waals surface area contributed by atoms with Crippen LogP contribution in [0.4, 0.5) is 0 Å². The van der Waals surface area contributed by atoms with Crippen LogP contribution in [-0.2, 0) is 13.0 Å². The monoisotopic (exact) mass is 283 g/mol. The lowest BCUT2D eigenvalue weighted by Gasteiger charge is -2.07. The highest BCUT2D eigenvalue weighted by atomic mass is 32.1. The molecule has 1 aromatic carbocycles. The van der Waals surface area contributed by atoms with Crippen molar-refractivity contribution in [3.63, 3.8) is 0 Å². The molecule has 4 nitrogen and oxygen atoms in total. The van der Waals surface area contributed by atoms with Gasteiger partial charge in [-0.2, -0.15) is 0 Å². The summed E-state index contributed by atoms with van der Waals surface area (Å²) < 4.78 is 2.00. The van der Waals surface area contributed by atoms with Crippen LogP contribution in [0.1, 0.15) is 5.56 Å². The van der Waals surface area contributed by atoms with Crippen LogP contribution in [0.5, 0.6) is 0 Å². The van der Waals surface area contributed by atoms with E-state index in [0.717, 1.165) is 6.42 Å². The first-order chi connectivity index (χ1) is 9.75. The van der Waals surface area contributed by atoms with Gasteiger partial charge in [-0.1, -0.05) is 30.3 Å². The fraction of sp³-hybridized carbons (Fsp3) is 0.133. The summed E-state index contributed by atoms with van der Waals surface area (Å²) >= 11 is 5.25. The number of rotatable bonds is 3. The molecule has 100 valence electrons. The molecular formula is C15H13N3OS. The second-order valence-corrected chi connectivity index (χ2v) is 4.91. The molecule has 20 heavy (non-hydrogen) atoms. The summed E-state index contributed by atoms with van der Waals surface area (Å²) in [6.45, 7) is 0.559. The number of aromatic amines is 1. The minimum Gasteiger partial charge on any atom is -0.316 e. The molecule has 3 rings (SSSR count). The molecule has 2 heterocycles. The van der Waals surface area contributed by atoms with Gasteiger partial charge in [0.1, 0.15) is 5.65 Å². The Kier molecular flexibility index (Phi) is 3.43. The summed E-state index contributed by atoms with van der Waals surface area (Å²) in [7, 11) is 0. The molecule has 2 aromatic heterocycles. The average molecular weight is 283 g/mol. The van der Waals surface area contributed by atoms with Crippen molar-refractivity contribution in [1.82, 2.24) is 14.5 Å². The molecule has 0 bridgehead atoms. The quantitative estimate of drug-likeness (QED) is 0.752. The Morgan fingerprint density at radius 3 is 2.75 bits per heavy atom. The second-order valence-electron chi connectivity index (χ2n) is 4.52. The number of nitrogens with zero attached hydrogens (tertiary/aromatic N) is 2. The first-order valence-corrected chi connectivity index (χ1v) is 6.78. The highest BCUT2D eigenvalue weighted by Gasteiger charge is 2.05. The summed E-state index contributed by atoms with van der Waals surface area (Å²) in [6.07, 6.45) is 2.41. The largest absolute Gasteiger partial charge is 0.316 e. The van der Waals surface area contributed by atoms with Crippen molar-refractivity contribution >= 4 is 23.3 Å². The first-order valence-electron chi connectivity index (χ1n) is 6.37. The molecule has 5 heteroatoms. The second kappa shape index (κ2) is 5.38. The number of pyridine rings is 1. The lowest BCUT2D eigenvalue weighted by Crippen LogP contribution is -2.23. The summed E-state index contributed by atoms with van der Waals surface area (Å²) in [5.74, 6) is 0. The van der Waals surface area contributed by atoms with Crippen LogP contribution in [0.15, 0.2) is 53.5 Å². The van der Waals surface area contributed by atoms with Gasteiger partial charge in [-0.05, 0) is 36.3 Å². The maximum absolute atomic E-state index is 12.4. The van der Waals surface area contributed by atoms with Crippen molar-refractivity contribution in [2.45, 2.75) is 13.0 Å². The molecule has 0 unspecified atom stereocenters. The molecule has 3 aromatic rings. The van der Waals surface area contributed by atoms with Gasteiger partial charge < -0.3 is 4.98 Å². The molecule has 0 spiro atoms. The fourth-order valence-electron chi connectivity index (χ4n) is 2.17. The van der Waals surface area contributed by atoms with Gasteiger partial charge in [0.05, 0.1) is 5.39 Å². The maximum atomic E-state index is 12.4. The smallest absolute Gasteiger partial charge is 0.263 e. The minimum absolute atomic E-state index is 0.0900. The van der Waals surface area contributed by atoms with E-state index in [1.807, 2.05) is 30.3 Å². The highest BCUT2D eigenvalue weighted by molar-refractivity contribution is 7.71. The van der Waals surface area contributed by atoms with E-state index in [9.17, 15) is 4.79 Å². The van der Waals surface area contributed by atoms with Crippen LogP contribution in [-0.4, -0.2) is 14.5 Å². The van der Waals surface area contributed by atoms with Gasteiger partial charge in [-0.25, -0.2) is 4.98 Å². The number of aromatic nitrogens is 3. The van der Waals surface area contributed by atoms with Gasteiger partial charge in [-0.15, -0.1) is 0 Å². The Hall–Kier alpha value is -2.27. The predicted octanol–water partition coefficient (Wildman–Crippen LogP) is 2.70. The number of fused-ring (bicyclic) bond motifs is 1. The average Bonchev–Trinajstić information content (AvgIpc) is 2.48. The number of aryl methyl sites for hydroxylation is 1. The van der Waals surface area contributed by atoms with Crippen LogP contribution in [0.2, 0.25) is 0 Å². The highest BCUT2D eigenvalue weighted by Crippen LogP contribution is 2.05. The number of nitrogens with one attached hydrogen (secondary N) is 1. The molecule has 0 saturated heterocycles. The molecule has 0 aliphatic carbocycles. The third kappa shape index (κ3) is 2.40. The number of benzene rings is 1. The van der Waals surface area contributed by atoms with E-state index in [1.54, 1.807) is 22.9 Å². The Morgan fingerprint density at radius 1 is 1.15 bits per heavy atom. The fourth-order valence-corrected chi connectivity index (χ4v) is 2.44. The zero-order valence-corrected chi connectivity index (χ0v) is 11.6.